The van der Waals surface area contributed by atoms with E-state index in [0.29, 0.717) is 32.2 Å². The topological polar surface area (TPSA) is 89.2 Å². The van der Waals surface area contributed by atoms with Gasteiger partial charge in [0.05, 0.1) is 6.61 Å². The maximum Gasteiger partial charge on any atom is 0.409 e. The highest BCUT2D eigenvalue weighted by atomic mass is 16.6. The molecular weight excluding hydrogens is 344 g/mol. The number of unbranched alkanes of at least 4 members (excludes halogenated alkanes) is 5. The first-order chi connectivity index (χ1) is 13.2. The highest BCUT2D eigenvalue weighted by Crippen LogP contribution is 2.11. The molecule has 7 nitrogen and oxygen atoms in total. The Bertz CT molecular complexity index is 410. The first kappa shape index (κ1) is 23.5. The maximum absolute atomic E-state index is 11.7. The molecule has 0 spiro atoms. The van der Waals surface area contributed by atoms with Crippen LogP contribution >= 0.6 is 0 Å². The van der Waals surface area contributed by atoms with E-state index in [4.69, 9.17) is 15.2 Å². The number of amides is 1. The van der Waals surface area contributed by atoms with Crippen molar-refractivity contribution in [2.45, 2.75) is 77.7 Å². The minimum absolute atomic E-state index is 0.224. The van der Waals surface area contributed by atoms with Crippen LogP contribution in [-0.4, -0.2) is 62.4 Å². The number of nitrogens with one attached hydrogen (secondary N) is 1. The van der Waals surface area contributed by atoms with Gasteiger partial charge in [0, 0.05) is 38.9 Å². The van der Waals surface area contributed by atoms with Crippen molar-refractivity contribution >= 4 is 12.1 Å². The molecule has 1 heterocycles. The summed E-state index contributed by atoms with van der Waals surface area (Å²) in [4.78, 5) is 17.8. The van der Waals surface area contributed by atoms with Gasteiger partial charge >= 0.3 is 6.09 Å². The molecule has 0 atom stereocenters. The predicted octanol–water partition coefficient (Wildman–Crippen LogP) is 3.28. The van der Waals surface area contributed by atoms with E-state index >= 15 is 0 Å². The van der Waals surface area contributed by atoms with Crippen LogP contribution in [-0.2, 0) is 9.47 Å². The Balaban J connectivity index is 1.99. The van der Waals surface area contributed by atoms with Gasteiger partial charge in [-0.25, -0.2) is 4.79 Å². The zero-order valence-corrected chi connectivity index (χ0v) is 17.4. The summed E-state index contributed by atoms with van der Waals surface area (Å²) in [7, 11) is 0. The summed E-state index contributed by atoms with van der Waals surface area (Å²) in [5.41, 5.74) is 5.96. The molecule has 1 aliphatic rings. The Hall–Kier alpha value is -1.50. The molecule has 0 bridgehead atoms. The molecule has 0 aromatic heterocycles. The molecule has 1 saturated heterocycles. The smallest absolute Gasteiger partial charge is 0.409 e. The number of hydrogen-bond donors (Lipinski definition) is 2. The van der Waals surface area contributed by atoms with Crippen LogP contribution in [0.5, 0.6) is 0 Å². The fourth-order valence-corrected chi connectivity index (χ4v) is 3.13. The lowest BCUT2D eigenvalue weighted by atomic mass is 10.1. The Morgan fingerprint density at radius 1 is 1.07 bits per heavy atom. The molecule has 0 aliphatic carbocycles. The number of piperidine rings is 1. The van der Waals surface area contributed by atoms with Gasteiger partial charge in [-0.05, 0) is 32.6 Å². The fourth-order valence-electron chi connectivity index (χ4n) is 3.13. The lowest BCUT2D eigenvalue weighted by Gasteiger charge is -2.31. The SMILES string of the molecule is CCCCCCCCOCCCN=C(N)NC1CCN(C(=O)OCC)CC1. The fraction of sp³-hybridized carbons (Fsp3) is 0.900. The summed E-state index contributed by atoms with van der Waals surface area (Å²) in [5.74, 6) is 0.487. The third-order valence-corrected chi connectivity index (χ3v) is 4.74. The van der Waals surface area contributed by atoms with E-state index in [9.17, 15) is 4.79 Å². The molecular formula is C20H40N4O3. The van der Waals surface area contributed by atoms with Crippen LogP contribution in [0.25, 0.3) is 0 Å². The molecule has 7 heteroatoms. The first-order valence-corrected chi connectivity index (χ1v) is 10.7. The van der Waals surface area contributed by atoms with Crippen molar-refractivity contribution in [3.8, 4) is 0 Å². The van der Waals surface area contributed by atoms with Crippen molar-refractivity contribution < 1.29 is 14.3 Å². The largest absolute Gasteiger partial charge is 0.450 e. The summed E-state index contributed by atoms with van der Waals surface area (Å²) in [6, 6.07) is 0.267. The first-order valence-electron chi connectivity index (χ1n) is 10.7. The Morgan fingerprint density at radius 2 is 1.74 bits per heavy atom. The van der Waals surface area contributed by atoms with Gasteiger partial charge in [-0.1, -0.05) is 39.0 Å². The van der Waals surface area contributed by atoms with Crippen molar-refractivity contribution in [1.29, 1.82) is 0 Å². The van der Waals surface area contributed by atoms with E-state index in [0.717, 1.165) is 38.9 Å². The molecule has 3 N–H and O–H groups in total. The summed E-state index contributed by atoms with van der Waals surface area (Å²) in [6.45, 7) is 8.13. The molecule has 0 unspecified atom stereocenters. The number of nitrogens with two attached hydrogens (primary N) is 1. The molecule has 1 amide bonds. The lowest BCUT2D eigenvalue weighted by molar-refractivity contribution is 0.0963. The minimum Gasteiger partial charge on any atom is -0.450 e. The van der Waals surface area contributed by atoms with Gasteiger partial charge in [0.2, 0.25) is 0 Å². The van der Waals surface area contributed by atoms with Crippen LogP contribution < -0.4 is 11.1 Å². The van der Waals surface area contributed by atoms with Crippen LogP contribution in [0.1, 0.15) is 71.6 Å². The molecule has 27 heavy (non-hydrogen) atoms. The molecule has 1 fully saturated rings. The van der Waals surface area contributed by atoms with E-state index in [1.165, 1.54) is 32.1 Å². The van der Waals surface area contributed by atoms with E-state index in [-0.39, 0.29) is 12.1 Å². The van der Waals surface area contributed by atoms with E-state index in [2.05, 4.69) is 17.2 Å². The highest BCUT2D eigenvalue weighted by molar-refractivity contribution is 5.78. The number of carbonyl (C=O) groups excluding carboxylic acids is 1. The predicted molar refractivity (Wildman–Crippen MR) is 110 cm³/mol. The van der Waals surface area contributed by atoms with Crippen molar-refractivity contribution in [2.75, 3.05) is 39.5 Å². The Kier molecular flexibility index (Phi) is 13.6. The van der Waals surface area contributed by atoms with Crippen LogP contribution in [0.2, 0.25) is 0 Å². The summed E-state index contributed by atoms with van der Waals surface area (Å²) >= 11 is 0. The summed E-state index contributed by atoms with van der Waals surface area (Å²) in [6.07, 6.45) is 10.1. The van der Waals surface area contributed by atoms with Gasteiger partial charge in [0.25, 0.3) is 0 Å². The van der Waals surface area contributed by atoms with Crippen LogP contribution in [0, 0.1) is 0 Å². The van der Waals surface area contributed by atoms with E-state index < -0.39 is 0 Å². The van der Waals surface area contributed by atoms with Gasteiger partial charge in [0.15, 0.2) is 5.96 Å². The van der Waals surface area contributed by atoms with Crippen molar-refractivity contribution in [2.24, 2.45) is 10.7 Å². The maximum atomic E-state index is 11.7. The minimum atomic E-state index is -0.224. The van der Waals surface area contributed by atoms with E-state index in [1.807, 2.05) is 6.92 Å². The third-order valence-electron chi connectivity index (χ3n) is 4.74. The second kappa shape index (κ2) is 15.5. The molecule has 158 valence electrons. The van der Waals surface area contributed by atoms with Crippen LogP contribution in [0.3, 0.4) is 0 Å². The normalized spacial score (nSPS) is 15.8. The quantitative estimate of drug-likeness (QED) is 0.289. The van der Waals surface area contributed by atoms with Gasteiger partial charge in [-0.15, -0.1) is 0 Å². The van der Waals surface area contributed by atoms with Crippen molar-refractivity contribution in [3.63, 3.8) is 0 Å². The Morgan fingerprint density at radius 3 is 2.44 bits per heavy atom. The molecule has 0 saturated carbocycles. The summed E-state index contributed by atoms with van der Waals surface area (Å²) < 4.78 is 10.7. The standard InChI is InChI=1S/C20H40N4O3/c1-3-5-6-7-8-9-16-26-17-10-13-22-19(21)23-18-11-14-24(15-12-18)20(25)27-4-2/h18H,3-17H2,1-2H3,(H3,21,22,23). The van der Waals surface area contributed by atoms with Gasteiger partial charge < -0.3 is 25.4 Å². The van der Waals surface area contributed by atoms with Gasteiger partial charge in [-0.2, -0.15) is 0 Å². The number of ether oxygens (including phenoxy) is 2. The second-order valence-corrected chi connectivity index (χ2v) is 7.11. The number of rotatable bonds is 13. The highest BCUT2D eigenvalue weighted by Gasteiger charge is 2.23. The van der Waals surface area contributed by atoms with E-state index in [1.54, 1.807) is 4.90 Å². The average molecular weight is 385 g/mol. The van der Waals surface area contributed by atoms with Crippen molar-refractivity contribution in [1.82, 2.24) is 10.2 Å². The number of carbonyl (C=O) groups is 1. The molecule has 0 aromatic carbocycles. The zero-order chi connectivity index (χ0) is 19.7. The molecule has 1 aliphatic heterocycles. The molecule has 0 aromatic rings. The molecule has 0 radical (unpaired) electrons. The van der Waals surface area contributed by atoms with Crippen molar-refractivity contribution in [3.05, 3.63) is 0 Å². The Labute approximate surface area is 165 Å². The average Bonchev–Trinajstić information content (AvgIpc) is 2.67. The number of nitrogens with zero attached hydrogens (tertiary/aromatic N) is 2. The van der Waals surface area contributed by atoms with Gasteiger partial charge in [0.1, 0.15) is 0 Å². The van der Waals surface area contributed by atoms with Crippen LogP contribution in [0.4, 0.5) is 4.79 Å². The number of likely N-dealkylation sites (tertiary alicyclic amines) is 1. The number of guanidine groups is 1. The zero-order valence-electron chi connectivity index (χ0n) is 17.4. The van der Waals surface area contributed by atoms with Crippen LogP contribution in [0.15, 0.2) is 4.99 Å². The second-order valence-electron chi connectivity index (χ2n) is 7.11. The monoisotopic (exact) mass is 384 g/mol. The molecule has 1 rings (SSSR count). The summed E-state index contributed by atoms with van der Waals surface area (Å²) in [5, 5.41) is 3.25. The number of hydrogen-bond acceptors (Lipinski definition) is 4. The van der Waals surface area contributed by atoms with Gasteiger partial charge in [-0.3, -0.25) is 4.99 Å². The third kappa shape index (κ3) is 11.7. The lowest BCUT2D eigenvalue weighted by Crippen LogP contribution is -2.48. The number of aliphatic imine (C=N–C) groups is 1.